The topological polar surface area (TPSA) is 27.1 Å². The van der Waals surface area contributed by atoms with Gasteiger partial charge in [0.15, 0.2) is 0 Å². The lowest BCUT2D eigenvalue weighted by Gasteiger charge is -2.01. The van der Waals surface area contributed by atoms with Crippen LogP contribution in [0.4, 0.5) is 0 Å². The molecule has 0 atom stereocenters. The Morgan fingerprint density at radius 1 is 1.64 bits per heavy atom. The molecular weight excluding hydrogens is 140 g/mol. The second kappa shape index (κ2) is 4.91. The number of aromatic nitrogens is 2. The smallest absolute Gasteiger partial charge is 0.0860 e. The predicted molar refractivity (Wildman–Crippen MR) is 43.3 cm³/mol. The summed E-state index contributed by atoms with van der Waals surface area (Å²) < 4.78 is 14.2. The minimum atomic E-state index is 0.311. The van der Waals surface area contributed by atoms with Crippen LogP contribution in [0.1, 0.15) is 14.7 Å². The maximum absolute atomic E-state index is 7.16. The highest BCUT2D eigenvalue weighted by atomic mass is 16.5. The van der Waals surface area contributed by atoms with Gasteiger partial charge in [-0.15, -0.1) is 0 Å². The first-order valence-corrected chi connectivity index (χ1v) is 3.90. The van der Waals surface area contributed by atoms with E-state index < -0.39 is 0 Å². The Balaban J connectivity index is 2.15. The average molecular weight is 155 g/mol. The van der Waals surface area contributed by atoms with Gasteiger partial charge in [-0.2, -0.15) is 5.10 Å². The Hall–Kier alpha value is -0.830. The molecule has 11 heavy (non-hydrogen) atoms. The second-order valence-electron chi connectivity index (χ2n) is 2.32. The molecule has 0 aliphatic carbocycles. The van der Waals surface area contributed by atoms with Gasteiger partial charge in [0.25, 0.3) is 0 Å². The Bertz CT molecular complexity index is 225. The van der Waals surface area contributed by atoms with E-state index in [1.54, 1.807) is 16.9 Å². The van der Waals surface area contributed by atoms with Gasteiger partial charge in [0.2, 0.25) is 0 Å². The van der Waals surface area contributed by atoms with Gasteiger partial charge < -0.3 is 4.74 Å². The van der Waals surface area contributed by atoms with E-state index in [2.05, 4.69) is 12.0 Å². The largest absolute Gasteiger partial charge is 0.380 e. The quantitative estimate of drug-likeness (QED) is 0.599. The summed E-state index contributed by atoms with van der Waals surface area (Å²) in [6, 6.07) is 1.67. The molecule has 0 aliphatic rings. The molecule has 0 amide bonds. The summed E-state index contributed by atoms with van der Waals surface area (Å²) in [5.41, 5.74) is 0. The van der Waals surface area contributed by atoms with Crippen LogP contribution in [-0.2, 0) is 11.3 Å². The predicted octanol–water partition coefficient (Wildman–Crippen LogP) is 1.31. The fourth-order valence-electron chi connectivity index (χ4n) is 0.789. The molecular formula is C8H14N2O. The molecule has 1 aromatic heterocycles. The van der Waals surface area contributed by atoms with E-state index in [4.69, 9.17) is 6.11 Å². The van der Waals surface area contributed by atoms with Gasteiger partial charge >= 0.3 is 0 Å². The normalized spacial score (nSPS) is 11.5. The van der Waals surface area contributed by atoms with Crippen molar-refractivity contribution in [3.05, 3.63) is 18.4 Å². The van der Waals surface area contributed by atoms with E-state index in [0.29, 0.717) is 12.8 Å². The molecule has 0 bridgehead atoms. The maximum atomic E-state index is 7.16. The lowest BCUT2D eigenvalue weighted by Crippen LogP contribution is -2.06. The summed E-state index contributed by atoms with van der Waals surface area (Å²) in [5, 5.41) is 3.91. The number of hydrogen-bond donors (Lipinski definition) is 0. The summed E-state index contributed by atoms with van der Waals surface area (Å²) in [6.45, 7) is 4.29. The van der Waals surface area contributed by atoms with Crippen molar-refractivity contribution >= 4 is 0 Å². The number of nitrogens with zero attached hydrogens (tertiary/aromatic N) is 2. The van der Waals surface area contributed by atoms with Crippen molar-refractivity contribution in [3.63, 3.8) is 0 Å². The van der Waals surface area contributed by atoms with Crippen LogP contribution in [0, 0.1) is 0 Å². The van der Waals surface area contributed by atoms with Crippen molar-refractivity contribution in [3.8, 4) is 0 Å². The van der Waals surface area contributed by atoms with E-state index in [1.807, 2.05) is 0 Å². The second-order valence-corrected chi connectivity index (χ2v) is 2.32. The van der Waals surface area contributed by atoms with E-state index in [-0.39, 0.29) is 0 Å². The molecule has 0 aliphatic heterocycles. The van der Waals surface area contributed by atoms with Gasteiger partial charge in [-0.3, -0.25) is 4.68 Å². The van der Waals surface area contributed by atoms with Crippen molar-refractivity contribution in [1.82, 2.24) is 9.78 Å². The van der Waals surface area contributed by atoms with Crippen molar-refractivity contribution in [2.75, 3.05) is 13.2 Å². The summed E-state index contributed by atoms with van der Waals surface area (Å²) in [4.78, 5) is 0. The molecule has 0 aromatic carbocycles. The van der Waals surface area contributed by atoms with Crippen molar-refractivity contribution in [2.45, 2.75) is 19.9 Å². The Morgan fingerprint density at radius 2 is 2.55 bits per heavy atom. The molecule has 0 saturated carbocycles. The standard InChI is InChI=1S/C8H14N2O/c1-2-7-11-8-6-10-5-3-4-9-10/h3-5H,2,6-8H2,1H3/i4D. The Kier molecular flexibility index (Phi) is 3.06. The average Bonchev–Trinajstić information content (AvgIpc) is 2.45. The van der Waals surface area contributed by atoms with E-state index in [9.17, 15) is 0 Å². The number of rotatable bonds is 5. The van der Waals surface area contributed by atoms with Crippen LogP contribution in [0.2, 0.25) is 0 Å². The first kappa shape index (κ1) is 6.85. The zero-order valence-electron chi connectivity index (χ0n) is 7.79. The van der Waals surface area contributed by atoms with Crippen LogP contribution in [0.5, 0.6) is 0 Å². The molecule has 0 unspecified atom stereocenters. The van der Waals surface area contributed by atoms with Gasteiger partial charge in [0, 0.05) is 19.0 Å². The molecule has 1 rings (SSSR count). The Morgan fingerprint density at radius 3 is 3.18 bits per heavy atom. The summed E-state index contributed by atoms with van der Waals surface area (Å²) in [6.07, 6.45) is 3.14. The number of ether oxygens (including phenoxy) is 1. The third-order valence-corrected chi connectivity index (χ3v) is 1.32. The van der Waals surface area contributed by atoms with Gasteiger partial charge in [-0.1, -0.05) is 6.92 Å². The third-order valence-electron chi connectivity index (χ3n) is 1.32. The van der Waals surface area contributed by atoms with Gasteiger partial charge in [-0.25, -0.2) is 0 Å². The van der Waals surface area contributed by atoms with Gasteiger partial charge in [-0.05, 0) is 12.5 Å². The minimum absolute atomic E-state index is 0.311. The van der Waals surface area contributed by atoms with Crippen molar-refractivity contribution in [2.24, 2.45) is 0 Å². The van der Waals surface area contributed by atoms with Crippen LogP contribution in [0.15, 0.2) is 18.4 Å². The van der Waals surface area contributed by atoms with Gasteiger partial charge in [0.05, 0.1) is 14.5 Å². The molecule has 0 radical (unpaired) electrons. The van der Waals surface area contributed by atoms with E-state index in [1.165, 1.54) is 0 Å². The van der Waals surface area contributed by atoms with Crippen LogP contribution >= 0.6 is 0 Å². The van der Waals surface area contributed by atoms with Crippen LogP contribution in [0.25, 0.3) is 0 Å². The molecule has 3 nitrogen and oxygen atoms in total. The molecule has 3 heteroatoms. The lowest BCUT2D eigenvalue weighted by atomic mass is 10.5. The minimum Gasteiger partial charge on any atom is -0.380 e. The monoisotopic (exact) mass is 155 g/mol. The van der Waals surface area contributed by atoms with Crippen LogP contribution in [-0.4, -0.2) is 23.0 Å². The fraction of sp³-hybridized carbons (Fsp3) is 0.625. The zero-order valence-corrected chi connectivity index (χ0v) is 6.79. The van der Waals surface area contributed by atoms with Crippen LogP contribution in [0.3, 0.4) is 0 Å². The highest BCUT2D eigenvalue weighted by Gasteiger charge is 1.88. The molecule has 0 N–H and O–H groups in total. The van der Waals surface area contributed by atoms with E-state index in [0.717, 1.165) is 19.6 Å². The molecule has 1 aromatic rings. The van der Waals surface area contributed by atoms with Crippen molar-refractivity contribution in [1.29, 1.82) is 0 Å². The molecule has 1 heterocycles. The van der Waals surface area contributed by atoms with Crippen molar-refractivity contribution < 1.29 is 6.11 Å². The maximum Gasteiger partial charge on any atom is 0.0860 e. The Labute approximate surface area is 68.4 Å². The third kappa shape index (κ3) is 3.18. The molecule has 0 saturated heterocycles. The first-order chi connectivity index (χ1) is 5.83. The summed E-state index contributed by atoms with van der Waals surface area (Å²) in [7, 11) is 0. The highest BCUT2D eigenvalue weighted by Crippen LogP contribution is 1.86. The number of hydrogen-bond acceptors (Lipinski definition) is 2. The SMILES string of the molecule is [2H]c1ccn(CCOCCC)n1. The van der Waals surface area contributed by atoms with E-state index >= 15 is 0 Å². The molecule has 62 valence electrons. The summed E-state index contributed by atoms with van der Waals surface area (Å²) in [5.74, 6) is 0. The molecule has 0 spiro atoms. The lowest BCUT2D eigenvalue weighted by molar-refractivity contribution is 0.124. The highest BCUT2D eigenvalue weighted by molar-refractivity contribution is 4.77. The first-order valence-electron chi connectivity index (χ1n) is 4.40. The zero-order chi connectivity index (χ0) is 8.81. The van der Waals surface area contributed by atoms with Crippen LogP contribution < -0.4 is 0 Å². The molecule has 0 fully saturated rings. The summed E-state index contributed by atoms with van der Waals surface area (Å²) >= 11 is 0. The van der Waals surface area contributed by atoms with Gasteiger partial charge in [0.1, 0.15) is 0 Å². The fourth-order valence-corrected chi connectivity index (χ4v) is 0.789.